The van der Waals surface area contributed by atoms with Gasteiger partial charge in [0, 0.05) is 7.05 Å². The molecule has 0 bridgehead atoms. The van der Waals surface area contributed by atoms with Gasteiger partial charge in [0.25, 0.3) is 0 Å². The number of aryl methyl sites for hydroxylation is 2. The number of alkyl halides is 1. The van der Waals surface area contributed by atoms with Crippen molar-refractivity contribution < 1.29 is 0 Å². The largest absolute Gasteiger partial charge is 0.304 e. The first-order valence-electron chi connectivity index (χ1n) is 7.18. The summed E-state index contributed by atoms with van der Waals surface area (Å²) in [5.41, 5.74) is 4.20. The zero-order chi connectivity index (χ0) is 15.0. The first kappa shape index (κ1) is 14.1. The lowest BCUT2D eigenvalue weighted by Crippen LogP contribution is -2.14. The average Bonchev–Trinajstić information content (AvgIpc) is 3.00. The van der Waals surface area contributed by atoms with Gasteiger partial charge < -0.3 is 4.57 Å². The Morgan fingerprint density at radius 3 is 2.57 bits per heavy atom. The molecule has 0 aliphatic carbocycles. The van der Waals surface area contributed by atoms with Gasteiger partial charge in [-0.05, 0) is 18.9 Å². The fourth-order valence-electron chi connectivity index (χ4n) is 3.01. The van der Waals surface area contributed by atoms with Crippen molar-refractivity contribution in [3.63, 3.8) is 0 Å². The maximum atomic E-state index is 6.14. The van der Waals surface area contributed by atoms with Crippen LogP contribution < -0.4 is 0 Å². The van der Waals surface area contributed by atoms with Crippen LogP contribution in [0.3, 0.4) is 0 Å². The fourth-order valence-corrected chi connectivity index (χ4v) is 3.19. The molecule has 5 heteroatoms. The molecule has 1 unspecified atom stereocenters. The number of rotatable bonds is 4. The summed E-state index contributed by atoms with van der Waals surface area (Å²) in [6.45, 7) is 4.17. The molecule has 4 nitrogen and oxygen atoms in total. The van der Waals surface area contributed by atoms with Crippen molar-refractivity contribution in [3.05, 3.63) is 47.4 Å². The summed E-state index contributed by atoms with van der Waals surface area (Å²) in [5.74, 6) is 1.30. The molecule has 110 valence electrons. The zero-order valence-electron chi connectivity index (χ0n) is 12.5. The lowest BCUT2D eigenvalue weighted by molar-refractivity contribution is 0.549. The third-order valence-corrected chi connectivity index (χ3v) is 4.15. The zero-order valence-corrected chi connectivity index (χ0v) is 13.3. The van der Waals surface area contributed by atoms with Gasteiger partial charge in [0.1, 0.15) is 11.3 Å². The van der Waals surface area contributed by atoms with E-state index < -0.39 is 0 Å². The van der Waals surface area contributed by atoms with E-state index in [-0.39, 0.29) is 6.04 Å². The molecule has 1 atom stereocenters. The van der Waals surface area contributed by atoms with Crippen molar-refractivity contribution >= 4 is 22.8 Å². The maximum absolute atomic E-state index is 6.14. The molecule has 0 amide bonds. The molecular weight excluding hydrogens is 284 g/mol. The van der Waals surface area contributed by atoms with Gasteiger partial charge in [-0.1, -0.05) is 37.3 Å². The first-order valence-corrected chi connectivity index (χ1v) is 7.72. The van der Waals surface area contributed by atoms with Crippen LogP contribution in [0.25, 0.3) is 11.2 Å². The highest BCUT2D eigenvalue weighted by atomic mass is 35.5. The summed E-state index contributed by atoms with van der Waals surface area (Å²) in [6.07, 6.45) is 0.976. The molecule has 0 radical (unpaired) electrons. The minimum absolute atomic E-state index is 0.222. The molecule has 0 spiro atoms. The van der Waals surface area contributed by atoms with Gasteiger partial charge >= 0.3 is 0 Å². The molecular formula is C16H19ClN4. The van der Waals surface area contributed by atoms with Gasteiger partial charge in [-0.3, -0.25) is 4.68 Å². The van der Waals surface area contributed by atoms with Gasteiger partial charge in [-0.15, -0.1) is 11.6 Å². The number of nitrogens with zero attached hydrogens (tertiary/aromatic N) is 4. The average molecular weight is 303 g/mol. The molecule has 0 saturated heterocycles. The van der Waals surface area contributed by atoms with Gasteiger partial charge in [-0.25, -0.2) is 4.98 Å². The van der Waals surface area contributed by atoms with Gasteiger partial charge in [0.2, 0.25) is 0 Å². The normalized spacial score (nSPS) is 13.0. The standard InChI is InChI=1S/C16H19ClN4/c1-4-13(12-8-6-5-7-9-12)21-14(10-17)18-15-11(2)19-20(3)16(15)21/h5-9,13H,4,10H2,1-3H3. The Hall–Kier alpha value is -1.81. The number of hydrogen-bond acceptors (Lipinski definition) is 2. The van der Waals surface area contributed by atoms with Crippen LogP contribution in [0.4, 0.5) is 0 Å². The van der Waals surface area contributed by atoms with Gasteiger partial charge in [0.05, 0.1) is 17.6 Å². The summed E-state index contributed by atoms with van der Waals surface area (Å²) < 4.78 is 4.14. The van der Waals surface area contributed by atoms with E-state index in [1.54, 1.807) is 0 Å². The lowest BCUT2D eigenvalue weighted by atomic mass is 10.0. The molecule has 0 fully saturated rings. The Morgan fingerprint density at radius 2 is 1.95 bits per heavy atom. The predicted octanol–water partition coefficient (Wildman–Crippen LogP) is 3.82. The van der Waals surface area contributed by atoms with E-state index in [1.807, 2.05) is 24.7 Å². The number of benzene rings is 1. The smallest absolute Gasteiger partial charge is 0.159 e. The van der Waals surface area contributed by atoms with E-state index >= 15 is 0 Å². The van der Waals surface area contributed by atoms with Crippen LogP contribution in [0.15, 0.2) is 30.3 Å². The third kappa shape index (κ3) is 2.23. The minimum atomic E-state index is 0.222. The van der Waals surface area contributed by atoms with E-state index in [9.17, 15) is 0 Å². The summed E-state index contributed by atoms with van der Waals surface area (Å²) in [7, 11) is 1.96. The highest BCUT2D eigenvalue weighted by Gasteiger charge is 2.22. The predicted molar refractivity (Wildman–Crippen MR) is 85.7 cm³/mol. The van der Waals surface area contributed by atoms with Crippen LogP contribution in [0.5, 0.6) is 0 Å². The van der Waals surface area contributed by atoms with E-state index in [2.05, 4.69) is 40.9 Å². The van der Waals surface area contributed by atoms with E-state index in [1.165, 1.54) is 5.56 Å². The fraction of sp³-hybridized carbons (Fsp3) is 0.375. The van der Waals surface area contributed by atoms with Crippen molar-refractivity contribution in [3.8, 4) is 0 Å². The molecule has 0 aliphatic heterocycles. The molecule has 3 rings (SSSR count). The molecule has 21 heavy (non-hydrogen) atoms. The summed E-state index contributed by atoms with van der Waals surface area (Å²) in [4.78, 5) is 4.69. The molecule has 3 aromatic rings. The van der Waals surface area contributed by atoms with E-state index in [0.29, 0.717) is 5.88 Å². The summed E-state index contributed by atoms with van der Waals surface area (Å²) >= 11 is 6.14. The Morgan fingerprint density at radius 1 is 1.24 bits per heavy atom. The van der Waals surface area contributed by atoms with Crippen LogP contribution in [-0.2, 0) is 12.9 Å². The molecule has 0 saturated carbocycles. The SMILES string of the molecule is CCC(c1ccccc1)n1c(CCl)nc2c(C)nn(C)c21. The number of fused-ring (bicyclic) bond motifs is 1. The number of imidazole rings is 1. The Labute approximate surface area is 129 Å². The van der Waals surface area contributed by atoms with Crippen LogP contribution in [0.1, 0.15) is 36.5 Å². The minimum Gasteiger partial charge on any atom is -0.304 e. The summed E-state index contributed by atoms with van der Waals surface area (Å²) in [5, 5.41) is 4.49. The Kier molecular flexibility index (Phi) is 3.72. The molecule has 0 aliphatic rings. The van der Waals surface area contributed by atoms with Crippen molar-refractivity contribution in [2.45, 2.75) is 32.2 Å². The molecule has 0 N–H and O–H groups in total. The van der Waals surface area contributed by atoms with E-state index in [4.69, 9.17) is 16.6 Å². The van der Waals surface area contributed by atoms with E-state index in [0.717, 1.165) is 29.1 Å². The van der Waals surface area contributed by atoms with Gasteiger partial charge in [-0.2, -0.15) is 5.10 Å². The third-order valence-electron chi connectivity index (χ3n) is 3.91. The van der Waals surface area contributed by atoms with Crippen LogP contribution >= 0.6 is 11.6 Å². The van der Waals surface area contributed by atoms with Crippen LogP contribution in [-0.4, -0.2) is 19.3 Å². The summed E-state index contributed by atoms with van der Waals surface area (Å²) in [6, 6.07) is 10.7. The number of hydrogen-bond donors (Lipinski definition) is 0. The van der Waals surface area contributed by atoms with Crippen molar-refractivity contribution in [2.24, 2.45) is 7.05 Å². The second kappa shape index (κ2) is 5.53. The van der Waals surface area contributed by atoms with Crippen LogP contribution in [0.2, 0.25) is 0 Å². The quantitative estimate of drug-likeness (QED) is 0.687. The Bertz CT molecular complexity index is 758. The molecule has 1 aromatic carbocycles. The maximum Gasteiger partial charge on any atom is 0.159 e. The second-order valence-corrected chi connectivity index (χ2v) is 5.51. The number of halogens is 1. The van der Waals surface area contributed by atoms with Crippen LogP contribution in [0, 0.1) is 6.92 Å². The van der Waals surface area contributed by atoms with Gasteiger partial charge in [0.15, 0.2) is 5.65 Å². The second-order valence-electron chi connectivity index (χ2n) is 5.25. The number of aromatic nitrogens is 4. The lowest BCUT2D eigenvalue weighted by Gasteiger charge is -2.20. The highest BCUT2D eigenvalue weighted by Crippen LogP contribution is 2.30. The van der Waals surface area contributed by atoms with Crippen molar-refractivity contribution in [2.75, 3.05) is 0 Å². The first-order chi connectivity index (χ1) is 10.2. The van der Waals surface area contributed by atoms with Crippen molar-refractivity contribution in [1.82, 2.24) is 19.3 Å². The molecule has 2 aromatic heterocycles. The highest BCUT2D eigenvalue weighted by molar-refractivity contribution is 6.16. The monoisotopic (exact) mass is 302 g/mol. The Balaban J connectivity index is 2.26. The topological polar surface area (TPSA) is 35.6 Å². The molecule has 2 heterocycles. The van der Waals surface area contributed by atoms with Crippen molar-refractivity contribution in [1.29, 1.82) is 0 Å².